The molecule has 35 heavy (non-hydrogen) atoms. The first kappa shape index (κ1) is 24.8. The fourth-order valence-electron chi connectivity index (χ4n) is 4.28. The monoisotopic (exact) mass is 484 g/mol. The number of aliphatic hydroxyl groups is 2. The number of nitrogens with one attached hydrogen (secondary N) is 1. The second-order valence-corrected chi connectivity index (χ2v) is 8.61. The van der Waals surface area contributed by atoms with Crippen LogP contribution in [0.2, 0.25) is 0 Å². The Bertz CT molecular complexity index is 1040. The number of ether oxygens (including phenoxy) is 1. The first-order valence-corrected chi connectivity index (χ1v) is 11.8. The van der Waals surface area contributed by atoms with Gasteiger partial charge in [0.15, 0.2) is 5.82 Å². The van der Waals surface area contributed by atoms with Crippen LogP contribution in [-0.4, -0.2) is 102 Å². The molecule has 0 bridgehead atoms. The number of nitrogens with zero attached hydrogens (tertiary/aromatic N) is 5. The minimum Gasteiger partial charge on any atom is -0.394 e. The summed E-state index contributed by atoms with van der Waals surface area (Å²) >= 11 is 0. The van der Waals surface area contributed by atoms with E-state index >= 15 is 0 Å². The minimum absolute atomic E-state index is 0.0623. The van der Waals surface area contributed by atoms with E-state index in [2.05, 4.69) is 15.1 Å². The van der Waals surface area contributed by atoms with Crippen molar-refractivity contribution < 1.29 is 24.5 Å². The molecule has 2 amide bonds. The average molecular weight is 485 g/mol. The number of rotatable bonds is 7. The summed E-state index contributed by atoms with van der Waals surface area (Å²) in [6, 6.07) is 8.58. The van der Waals surface area contributed by atoms with Crippen molar-refractivity contribution in [1.82, 2.24) is 20.2 Å². The molecule has 2 aromatic rings. The maximum atomic E-state index is 12.7. The van der Waals surface area contributed by atoms with Gasteiger partial charge in [0.1, 0.15) is 17.7 Å². The third-order valence-electron chi connectivity index (χ3n) is 6.18. The molecule has 11 heteroatoms. The maximum Gasteiger partial charge on any atom is 0.247 e. The van der Waals surface area contributed by atoms with Gasteiger partial charge in [-0.15, -0.1) is 0 Å². The van der Waals surface area contributed by atoms with Gasteiger partial charge in [0.25, 0.3) is 0 Å². The fraction of sp³-hybridized carbons (Fsp3) is 0.500. The molecule has 2 saturated heterocycles. The normalized spacial score (nSPS) is 17.3. The smallest absolute Gasteiger partial charge is 0.247 e. The fourth-order valence-corrected chi connectivity index (χ4v) is 4.28. The molecule has 1 atom stereocenters. The molecule has 2 aliphatic heterocycles. The van der Waals surface area contributed by atoms with Crippen molar-refractivity contribution in [3.05, 3.63) is 35.9 Å². The number of morpholine rings is 1. The summed E-state index contributed by atoms with van der Waals surface area (Å²) in [6.07, 6.45) is 0. The summed E-state index contributed by atoms with van der Waals surface area (Å²) in [5.41, 5.74) is 1.61. The number of carbonyl (C=O) groups is 2. The van der Waals surface area contributed by atoms with Crippen molar-refractivity contribution in [2.75, 3.05) is 68.9 Å². The molecule has 2 fully saturated rings. The number of aliphatic hydroxyl groups excluding tert-OH is 2. The number of carbonyl (C=O) groups excluding carboxylic acids is 2. The predicted molar refractivity (Wildman–Crippen MR) is 130 cm³/mol. The van der Waals surface area contributed by atoms with Crippen LogP contribution in [0, 0.1) is 0 Å². The lowest BCUT2D eigenvalue weighted by molar-refractivity contribution is -0.137. The minimum atomic E-state index is -0.934. The number of hydrogen-bond acceptors (Lipinski definition) is 9. The molecule has 0 unspecified atom stereocenters. The van der Waals surface area contributed by atoms with Crippen LogP contribution in [0.5, 0.6) is 0 Å². The van der Waals surface area contributed by atoms with Gasteiger partial charge < -0.3 is 35.0 Å². The standard InChI is InChI=1S/C24H32N6O5/c1-17(33)25-20(16-32)24(34)30-7-5-28(6-8-30)21-14-22(29-9-11-35-12-10-29)27-23(26-21)19-4-2-3-18(13-19)15-31/h2-4,13-14,20,31-32H,5-12,15-16H2,1H3,(H,25,33)/t20-/m0/s1. The van der Waals surface area contributed by atoms with Crippen LogP contribution < -0.4 is 15.1 Å². The van der Waals surface area contributed by atoms with Gasteiger partial charge in [-0.3, -0.25) is 9.59 Å². The number of amides is 2. The molecule has 188 valence electrons. The highest BCUT2D eigenvalue weighted by molar-refractivity contribution is 5.87. The topological polar surface area (TPSA) is 131 Å². The Morgan fingerprint density at radius 1 is 1.00 bits per heavy atom. The average Bonchev–Trinajstić information content (AvgIpc) is 2.91. The molecule has 0 saturated carbocycles. The maximum absolute atomic E-state index is 12.7. The number of anilines is 2. The van der Waals surface area contributed by atoms with Gasteiger partial charge in [-0.05, 0) is 11.6 Å². The van der Waals surface area contributed by atoms with Crippen LogP contribution in [-0.2, 0) is 20.9 Å². The largest absolute Gasteiger partial charge is 0.394 e. The van der Waals surface area contributed by atoms with E-state index < -0.39 is 12.6 Å². The number of benzene rings is 1. The Balaban J connectivity index is 1.56. The van der Waals surface area contributed by atoms with E-state index in [0.717, 1.165) is 35.9 Å². The van der Waals surface area contributed by atoms with Crippen molar-refractivity contribution in [1.29, 1.82) is 0 Å². The molecule has 3 heterocycles. The molecule has 0 spiro atoms. The van der Waals surface area contributed by atoms with E-state index in [0.29, 0.717) is 45.2 Å². The van der Waals surface area contributed by atoms with E-state index in [9.17, 15) is 19.8 Å². The van der Waals surface area contributed by atoms with Gasteiger partial charge >= 0.3 is 0 Å². The van der Waals surface area contributed by atoms with Gasteiger partial charge in [-0.1, -0.05) is 18.2 Å². The summed E-state index contributed by atoms with van der Waals surface area (Å²) in [4.78, 5) is 39.7. The zero-order valence-corrected chi connectivity index (χ0v) is 19.9. The molecule has 1 aromatic carbocycles. The van der Waals surface area contributed by atoms with E-state index in [4.69, 9.17) is 14.7 Å². The van der Waals surface area contributed by atoms with Crippen LogP contribution in [0.1, 0.15) is 12.5 Å². The Kier molecular flexibility index (Phi) is 8.11. The number of piperazine rings is 1. The van der Waals surface area contributed by atoms with Gasteiger partial charge in [-0.2, -0.15) is 0 Å². The van der Waals surface area contributed by atoms with Crippen molar-refractivity contribution in [3.8, 4) is 11.4 Å². The molecular weight excluding hydrogens is 452 g/mol. The lowest BCUT2D eigenvalue weighted by Crippen LogP contribution is -2.56. The second kappa shape index (κ2) is 11.4. The van der Waals surface area contributed by atoms with E-state index in [1.54, 1.807) is 4.90 Å². The summed E-state index contributed by atoms with van der Waals surface area (Å²) in [6.45, 7) is 5.56. The van der Waals surface area contributed by atoms with Crippen molar-refractivity contribution >= 4 is 23.5 Å². The Labute approximate surface area is 204 Å². The van der Waals surface area contributed by atoms with E-state index in [-0.39, 0.29) is 18.4 Å². The van der Waals surface area contributed by atoms with Crippen LogP contribution in [0.15, 0.2) is 30.3 Å². The van der Waals surface area contributed by atoms with E-state index in [1.807, 2.05) is 30.3 Å². The lowest BCUT2D eigenvalue weighted by Gasteiger charge is -2.37. The predicted octanol–water partition coefficient (Wildman–Crippen LogP) is -0.382. The SMILES string of the molecule is CC(=O)N[C@@H](CO)C(=O)N1CCN(c2cc(N3CCOCC3)nc(-c3cccc(CO)c3)n2)CC1. The summed E-state index contributed by atoms with van der Waals surface area (Å²) in [5, 5.41) is 21.6. The zero-order chi connectivity index (χ0) is 24.8. The first-order chi connectivity index (χ1) is 17.0. The van der Waals surface area contributed by atoms with Gasteiger partial charge in [-0.25, -0.2) is 9.97 Å². The third-order valence-corrected chi connectivity index (χ3v) is 6.18. The Morgan fingerprint density at radius 2 is 1.66 bits per heavy atom. The van der Waals surface area contributed by atoms with Gasteiger partial charge in [0.2, 0.25) is 11.8 Å². The summed E-state index contributed by atoms with van der Waals surface area (Å²) in [7, 11) is 0. The Morgan fingerprint density at radius 3 is 2.26 bits per heavy atom. The highest BCUT2D eigenvalue weighted by Crippen LogP contribution is 2.26. The van der Waals surface area contributed by atoms with Crippen LogP contribution in [0.3, 0.4) is 0 Å². The zero-order valence-electron chi connectivity index (χ0n) is 19.9. The Hall–Kier alpha value is -3.28. The van der Waals surface area contributed by atoms with Crippen LogP contribution >= 0.6 is 0 Å². The van der Waals surface area contributed by atoms with Crippen LogP contribution in [0.25, 0.3) is 11.4 Å². The molecule has 4 rings (SSSR count). The molecule has 0 aliphatic carbocycles. The molecule has 3 N–H and O–H groups in total. The lowest BCUT2D eigenvalue weighted by atomic mass is 10.1. The summed E-state index contributed by atoms with van der Waals surface area (Å²) in [5.74, 6) is 1.50. The molecule has 2 aliphatic rings. The summed E-state index contributed by atoms with van der Waals surface area (Å²) < 4.78 is 5.49. The molecular formula is C24H32N6O5. The second-order valence-electron chi connectivity index (χ2n) is 8.61. The van der Waals surface area contributed by atoms with Crippen molar-refractivity contribution in [2.24, 2.45) is 0 Å². The highest BCUT2D eigenvalue weighted by Gasteiger charge is 2.28. The van der Waals surface area contributed by atoms with Gasteiger partial charge in [0.05, 0.1) is 26.4 Å². The quantitative estimate of drug-likeness (QED) is 0.481. The van der Waals surface area contributed by atoms with Crippen LogP contribution in [0.4, 0.5) is 11.6 Å². The van der Waals surface area contributed by atoms with E-state index in [1.165, 1.54) is 6.92 Å². The number of aromatic nitrogens is 2. The molecule has 11 nitrogen and oxygen atoms in total. The van der Waals surface area contributed by atoms with Crippen molar-refractivity contribution in [2.45, 2.75) is 19.6 Å². The first-order valence-electron chi connectivity index (χ1n) is 11.8. The van der Waals surface area contributed by atoms with Gasteiger partial charge in [0, 0.05) is 57.8 Å². The third kappa shape index (κ3) is 6.05. The highest BCUT2D eigenvalue weighted by atomic mass is 16.5. The molecule has 1 aromatic heterocycles. The number of hydrogen-bond donors (Lipinski definition) is 3. The van der Waals surface area contributed by atoms with Crippen molar-refractivity contribution in [3.63, 3.8) is 0 Å². The molecule has 0 radical (unpaired) electrons.